The average Bonchev–Trinajstić information content (AvgIpc) is 3.04. The first kappa shape index (κ1) is 14.8. The van der Waals surface area contributed by atoms with Gasteiger partial charge in [-0.1, -0.05) is 17.7 Å². The Balaban J connectivity index is 1.70. The predicted octanol–water partition coefficient (Wildman–Crippen LogP) is 2.56. The third-order valence-electron chi connectivity index (χ3n) is 3.90. The van der Waals surface area contributed by atoms with Gasteiger partial charge in [-0.25, -0.2) is 4.39 Å². The van der Waals surface area contributed by atoms with E-state index in [1.165, 1.54) is 6.07 Å². The molecule has 21 heavy (non-hydrogen) atoms. The van der Waals surface area contributed by atoms with Crippen molar-refractivity contribution in [1.29, 1.82) is 0 Å². The second-order valence-corrected chi connectivity index (χ2v) is 5.73. The van der Waals surface area contributed by atoms with Crippen LogP contribution in [0.15, 0.2) is 18.2 Å². The molecule has 2 saturated heterocycles. The van der Waals surface area contributed by atoms with Crippen LogP contribution in [0, 0.1) is 5.82 Å². The molecule has 1 aromatic carbocycles. The Labute approximate surface area is 127 Å². The van der Waals surface area contributed by atoms with E-state index in [1.807, 2.05) is 0 Å². The molecule has 0 N–H and O–H groups in total. The molecule has 2 aliphatic rings. The number of nitrogens with zero attached hydrogens (tertiary/aromatic N) is 1. The highest BCUT2D eigenvalue weighted by Crippen LogP contribution is 2.27. The molecule has 2 fully saturated rings. The number of morpholine rings is 1. The first-order valence-corrected chi connectivity index (χ1v) is 7.50. The van der Waals surface area contributed by atoms with Crippen molar-refractivity contribution in [1.82, 2.24) is 4.90 Å². The summed E-state index contributed by atoms with van der Waals surface area (Å²) in [5.41, 5.74) is 0.784. The summed E-state index contributed by atoms with van der Waals surface area (Å²) in [4.78, 5) is 14.1. The zero-order valence-corrected chi connectivity index (χ0v) is 12.3. The minimum absolute atomic E-state index is 0.0222. The standard InChI is InChI=1S/C15H17ClFNO3/c16-11-8-10(3-4-12(11)17)14-9-18(5-7-21-14)15(19)13-2-1-6-20-13/h3-4,8,13-14H,1-2,5-7,9H2/t13-,14-/m0/s1. The number of halogens is 2. The molecule has 2 aliphatic heterocycles. The van der Waals surface area contributed by atoms with Crippen LogP contribution in [0.4, 0.5) is 4.39 Å². The van der Waals surface area contributed by atoms with Gasteiger partial charge in [-0.05, 0) is 30.5 Å². The smallest absolute Gasteiger partial charge is 0.251 e. The van der Waals surface area contributed by atoms with Crippen LogP contribution in [0.1, 0.15) is 24.5 Å². The van der Waals surface area contributed by atoms with Crippen LogP contribution < -0.4 is 0 Å². The highest BCUT2D eigenvalue weighted by atomic mass is 35.5. The Morgan fingerprint density at radius 1 is 1.33 bits per heavy atom. The Bertz CT molecular complexity index is 534. The maximum Gasteiger partial charge on any atom is 0.251 e. The van der Waals surface area contributed by atoms with Crippen molar-refractivity contribution in [3.05, 3.63) is 34.6 Å². The zero-order chi connectivity index (χ0) is 14.8. The minimum atomic E-state index is -0.455. The fourth-order valence-electron chi connectivity index (χ4n) is 2.74. The van der Waals surface area contributed by atoms with E-state index in [0.29, 0.717) is 26.3 Å². The van der Waals surface area contributed by atoms with Gasteiger partial charge < -0.3 is 14.4 Å². The fraction of sp³-hybridized carbons (Fsp3) is 0.533. The summed E-state index contributed by atoms with van der Waals surface area (Å²) in [6.07, 6.45) is 1.11. The van der Waals surface area contributed by atoms with Gasteiger partial charge in [0.1, 0.15) is 18.0 Å². The van der Waals surface area contributed by atoms with Gasteiger partial charge >= 0.3 is 0 Å². The Kier molecular flexibility index (Phi) is 4.42. The number of carbonyl (C=O) groups excluding carboxylic acids is 1. The molecule has 114 valence electrons. The van der Waals surface area contributed by atoms with Crippen molar-refractivity contribution in [3.63, 3.8) is 0 Å². The van der Waals surface area contributed by atoms with Crippen LogP contribution in [0.5, 0.6) is 0 Å². The number of carbonyl (C=O) groups is 1. The average molecular weight is 314 g/mol. The first-order valence-electron chi connectivity index (χ1n) is 7.12. The largest absolute Gasteiger partial charge is 0.370 e. The quantitative estimate of drug-likeness (QED) is 0.842. The maximum absolute atomic E-state index is 13.2. The molecular formula is C15H17ClFNO3. The van der Waals surface area contributed by atoms with Gasteiger partial charge in [-0.3, -0.25) is 4.79 Å². The van der Waals surface area contributed by atoms with E-state index >= 15 is 0 Å². The molecule has 1 aromatic rings. The van der Waals surface area contributed by atoms with Gasteiger partial charge in [0, 0.05) is 13.2 Å². The molecule has 0 unspecified atom stereocenters. The molecule has 1 amide bonds. The highest BCUT2D eigenvalue weighted by molar-refractivity contribution is 6.30. The number of rotatable bonds is 2. The highest BCUT2D eigenvalue weighted by Gasteiger charge is 2.32. The van der Waals surface area contributed by atoms with Gasteiger partial charge in [0.2, 0.25) is 0 Å². The SMILES string of the molecule is O=C([C@@H]1CCCO1)N1CCO[C@H](c2ccc(F)c(Cl)c2)C1. The first-order chi connectivity index (χ1) is 10.1. The molecule has 0 spiro atoms. The van der Waals surface area contributed by atoms with Gasteiger partial charge in [-0.2, -0.15) is 0 Å². The van der Waals surface area contributed by atoms with Crippen molar-refractivity contribution < 1.29 is 18.7 Å². The molecule has 0 aromatic heterocycles. The predicted molar refractivity (Wildman–Crippen MR) is 75.7 cm³/mol. The van der Waals surface area contributed by atoms with Crippen molar-refractivity contribution in [3.8, 4) is 0 Å². The molecule has 2 heterocycles. The number of ether oxygens (including phenoxy) is 2. The molecule has 0 saturated carbocycles. The van der Waals surface area contributed by atoms with Crippen LogP contribution in [0.2, 0.25) is 5.02 Å². The van der Waals surface area contributed by atoms with Crippen LogP contribution >= 0.6 is 11.6 Å². The van der Waals surface area contributed by atoms with Gasteiger partial charge in [0.25, 0.3) is 5.91 Å². The van der Waals surface area contributed by atoms with Crippen LogP contribution in [-0.2, 0) is 14.3 Å². The fourth-order valence-corrected chi connectivity index (χ4v) is 2.93. The van der Waals surface area contributed by atoms with Crippen molar-refractivity contribution in [2.75, 3.05) is 26.3 Å². The number of amides is 1. The normalized spacial score (nSPS) is 26.1. The monoisotopic (exact) mass is 313 g/mol. The topological polar surface area (TPSA) is 38.8 Å². The third kappa shape index (κ3) is 3.20. The number of benzene rings is 1. The van der Waals surface area contributed by atoms with E-state index in [4.69, 9.17) is 21.1 Å². The number of hydrogen-bond acceptors (Lipinski definition) is 3. The van der Waals surface area contributed by atoms with E-state index in [0.717, 1.165) is 18.4 Å². The molecule has 0 aliphatic carbocycles. The lowest BCUT2D eigenvalue weighted by atomic mass is 10.1. The van der Waals surface area contributed by atoms with E-state index in [2.05, 4.69) is 0 Å². The third-order valence-corrected chi connectivity index (χ3v) is 4.19. The van der Waals surface area contributed by atoms with Gasteiger partial charge in [0.15, 0.2) is 0 Å². The van der Waals surface area contributed by atoms with Crippen molar-refractivity contribution >= 4 is 17.5 Å². The summed E-state index contributed by atoms with van der Waals surface area (Å²) in [7, 11) is 0. The second-order valence-electron chi connectivity index (χ2n) is 5.32. The van der Waals surface area contributed by atoms with E-state index in [1.54, 1.807) is 17.0 Å². The summed E-state index contributed by atoms with van der Waals surface area (Å²) < 4.78 is 24.3. The van der Waals surface area contributed by atoms with E-state index in [9.17, 15) is 9.18 Å². The lowest BCUT2D eigenvalue weighted by Gasteiger charge is -2.34. The molecule has 4 nitrogen and oxygen atoms in total. The Morgan fingerprint density at radius 2 is 2.19 bits per heavy atom. The Morgan fingerprint density at radius 3 is 2.90 bits per heavy atom. The molecule has 2 atom stereocenters. The summed E-state index contributed by atoms with van der Waals surface area (Å²) in [5.74, 6) is -0.433. The van der Waals surface area contributed by atoms with E-state index in [-0.39, 0.29) is 23.1 Å². The summed E-state index contributed by atoms with van der Waals surface area (Å²) in [5, 5.41) is 0.0682. The maximum atomic E-state index is 13.2. The van der Waals surface area contributed by atoms with Crippen LogP contribution in [-0.4, -0.2) is 43.2 Å². The van der Waals surface area contributed by atoms with Crippen LogP contribution in [0.3, 0.4) is 0 Å². The minimum Gasteiger partial charge on any atom is -0.370 e. The Hall–Kier alpha value is -1.17. The molecule has 3 rings (SSSR count). The zero-order valence-electron chi connectivity index (χ0n) is 11.6. The lowest BCUT2D eigenvalue weighted by Crippen LogP contribution is -2.46. The summed E-state index contributed by atoms with van der Waals surface area (Å²) >= 11 is 5.80. The molecule has 0 bridgehead atoms. The number of hydrogen-bond donors (Lipinski definition) is 0. The van der Waals surface area contributed by atoms with Crippen molar-refractivity contribution in [2.24, 2.45) is 0 Å². The summed E-state index contributed by atoms with van der Waals surface area (Å²) in [6.45, 7) is 2.11. The van der Waals surface area contributed by atoms with Crippen LogP contribution in [0.25, 0.3) is 0 Å². The molecule has 0 radical (unpaired) electrons. The van der Waals surface area contributed by atoms with Gasteiger partial charge in [-0.15, -0.1) is 0 Å². The molecule has 6 heteroatoms. The molecular weight excluding hydrogens is 297 g/mol. The lowest BCUT2D eigenvalue weighted by molar-refractivity contribution is -0.148. The summed E-state index contributed by atoms with van der Waals surface area (Å²) in [6, 6.07) is 4.52. The van der Waals surface area contributed by atoms with Gasteiger partial charge in [0.05, 0.1) is 18.2 Å². The second kappa shape index (κ2) is 6.30. The van der Waals surface area contributed by atoms with E-state index < -0.39 is 5.82 Å². The van der Waals surface area contributed by atoms with Crippen molar-refractivity contribution in [2.45, 2.75) is 25.0 Å².